The van der Waals surface area contributed by atoms with Crippen LogP contribution in [0.1, 0.15) is 50.0 Å². The van der Waals surface area contributed by atoms with Crippen molar-refractivity contribution >= 4 is 0 Å². The number of hydrogen-bond acceptors (Lipinski definition) is 4. The Morgan fingerprint density at radius 2 is 1.20 bits per heavy atom. The SMILES string of the molecule is CC[C@H](O)c1cncc(-c2cncc([C@@H](O)CC)c2)c1. The van der Waals surface area contributed by atoms with Crippen molar-refractivity contribution in [2.45, 2.75) is 38.9 Å². The van der Waals surface area contributed by atoms with Gasteiger partial charge in [0.15, 0.2) is 0 Å². The Labute approximate surface area is 119 Å². The van der Waals surface area contributed by atoms with Gasteiger partial charge < -0.3 is 10.2 Å². The molecule has 0 aliphatic carbocycles. The maximum atomic E-state index is 9.89. The van der Waals surface area contributed by atoms with E-state index in [9.17, 15) is 10.2 Å². The molecule has 0 spiro atoms. The summed E-state index contributed by atoms with van der Waals surface area (Å²) in [6.45, 7) is 3.86. The number of nitrogens with zero attached hydrogens (tertiary/aromatic N) is 2. The lowest BCUT2D eigenvalue weighted by Gasteiger charge is -2.11. The number of aliphatic hydroxyl groups is 2. The molecule has 2 aromatic rings. The van der Waals surface area contributed by atoms with E-state index < -0.39 is 12.2 Å². The first-order valence-electron chi connectivity index (χ1n) is 6.92. The van der Waals surface area contributed by atoms with Crippen molar-refractivity contribution in [1.82, 2.24) is 9.97 Å². The Morgan fingerprint density at radius 1 is 0.800 bits per heavy atom. The summed E-state index contributed by atoms with van der Waals surface area (Å²) < 4.78 is 0. The normalized spacial score (nSPS) is 14.0. The fraction of sp³-hybridized carbons (Fsp3) is 0.375. The van der Waals surface area contributed by atoms with Crippen molar-refractivity contribution in [2.75, 3.05) is 0 Å². The number of hydrogen-bond donors (Lipinski definition) is 2. The van der Waals surface area contributed by atoms with Crippen LogP contribution in [0.25, 0.3) is 11.1 Å². The molecule has 0 aromatic carbocycles. The molecule has 2 aromatic heterocycles. The summed E-state index contributed by atoms with van der Waals surface area (Å²) in [5.41, 5.74) is 3.39. The lowest BCUT2D eigenvalue weighted by molar-refractivity contribution is 0.173. The van der Waals surface area contributed by atoms with E-state index in [-0.39, 0.29) is 0 Å². The molecule has 106 valence electrons. The van der Waals surface area contributed by atoms with Crippen LogP contribution in [0.5, 0.6) is 0 Å². The van der Waals surface area contributed by atoms with Gasteiger partial charge in [0.25, 0.3) is 0 Å². The second-order valence-corrected chi connectivity index (χ2v) is 4.86. The standard InChI is InChI=1S/C16H20N2O2/c1-3-15(19)13-5-11(7-17-9-13)12-6-14(10-18-8-12)16(20)4-2/h5-10,15-16,19-20H,3-4H2,1-2H3/t15-,16-/m0/s1. The summed E-state index contributed by atoms with van der Waals surface area (Å²) in [7, 11) is 0. The van der Waals surface area contributed by atoms with Crippen LogP contribution in [0.4, 0.5) is 0 Å². The van der Waals surface area contributed by atoms with Gasteiger partial charge in [0.2, 0.25) is 0 Å². The predicted octanol–water partition coefficient (Wildman–Crippen LogP) is 3.03. The molecule has 0 aliphatic heterocycles. The molecule has 0 amide bonds. The molecule has 2 rings (SSSR count). The van der Waals surface area contributed by atoms with E-state index in [2.05, 4.69) is 9.97 Å². The van der Waals surface area contributed by atoms with Crippen LogP contribution >= 0.6 is 0 Å². The number of aliphatic hydroxyl groups excluding tert-OH is 2. The van der Waals surface area contributed by atoms with Crippen LogP contribution in [0, 0.1) is 0 Å². The van der Waals surface area contributed by atoms with Gasteiger partial charge in [-0.05, 0) is 36.1 Å². The summed E-state index contributed by atoms with van der Waals surface area (Å²) in [5.74, 6) is 0. The third-order valence-corrected chi connectivity index (χ3v) is 3.40. The molecule has 4 nitrogen and oxygen atoms in total. The monoisotopic (exact) mass is 272 g/mol. The number of pyridine rings is 2. The van der Waals surface area contributed by atoms with Crippen LogP contribution < -0.4 is 0 Å². The van der Waals surface area contributed by atoms with E-state index in [4.69, 9.17) is 0 Å². The summed E-state index contributed by atoms with van der Waals surface area (Å²) >= 11 is 0. The molecule has 4 heteroatoms. The summed E-state index contributed by atoms with van der Waals surface area (Å²) in [4.78, 5) is 8.35. The van der Waals surface area contributed by atoms with Crippen LogP contribution in [0.3, 0.4) is 0 Å². The first-order chi connectivity index (χ1) is 9.65. The molecule has 20 heavy (non-hydrogen) atoms. The Hall–Kier alpha value is -1.78. The Morgan fingerprint density at radius 3 is 1.55 bits per heavy atom. The molecule has 0 unspecified atom stereocenters. The van der Waals surface area contributed by atoms with Gasteiger partial charge in [-0.3, -0.25) is 9.97 Å². The van der Waals surface area contributed by atoms with Gasteiger partial charge in [0.05, 0.1) is 12.2 Å². The van der Waals surface area contributed by atoms with Gasteiger partial charge in [0, 0.05) is 35.9 Å². The molecule has 2 N–H and O–H groups in total. The van der Waals surface area contributed by atoms with Gasteiger partial charge in [-0.25, -0.2) is 0 Å². The minimum atomic E-state index is -0.500. The van der Waals surface area contributed by atoms with Crippen molar-refractivity contribution in [2.24, 2.45) is 0 Å². The van der Waals surface area contributed by atoms with Gasteiger partial charge in [-0.2, -0.15) is 0 Å². The quantitative estimate of drug-likeness (QED) is 0.878. The van der Waals surface area contributed by atoms with Crippen LogP contribution in [0.2, 0.25) is 0 Å². The van der Waals surface area contributed by atoms with Crippen molar-refractivity contribution in [3.8, 4) is 11.1 Å². The molecule has 0 fully saturated rings. The van der Waals surface area contributed by atoms with Gasteiger partial charge >= 0.3 is 0 Å². The van der Waals surface area contributed by atoms with E-state index in [1.54, 1.807) is 24.8 Å². The molecule has 0 aliphatic rings. The minimum Gasteiger partial charge on any atom is -0.388 e. The lowest BCUT2D eigenvalue weighted by atomic mass is 10.0. The predicted molar refractivity (Wildman–Crippen MR) is 78.0 cm³/mol. The fourth-order valence-corrected chi connectivity index (χ4v) is 2.07. The lowest BCUT2D eigenvalue weighted by Crippen LogP contribution is -1.98. The Kier molecular flexibility index (Phi) is 4.82. The average Bonchev–Trinajstić information content (AvgIpc) is 2.53. The summed E-state index contributed by atoms with van der Waals surface area (Å²) in [6.07, 6.45) is 7.14. The molecule has 0 radical (unpaired) electrons. The van der Waals surface area contributed by atoms with E-state index in [1.165, 1.54) is 0 Å². The highest BCUT2D eigenvalue weighted by molar-refractivity contribution is 5.63. The first-order valence-corrected chi connectivity index (χ1v) is 6.92. The number of rotatable bonds is 5. The maximum Gasteiger partial charge on any atom is 0.0802 e. The molecule has 2 atom stereocenters. The zero-order valence-corrected chi connectivity index (χ0v) is 11.8. The molecule has 0 saturated heterocycles. The van der Waals surface area contributed by atoms with Gasteiger partial charge in [-0.1, -0.05) is 13.8 Å². The summed E-state index contributed by atoms with van der Waals surface area (Å²) in [5, 5.41) is 19.8. The highest BCUT2D eigenvalue weighted by Crippen LogP contribution is 2.25. The average molecular weight is 272 g/mol. The first kappa shape index (κ1) is 14.6. The largest absolute Gasteiger partial charge is 0.388 e. The molecule has 2 heterocycles. The third kappa shape index (κ3) is 3.21. The van der Waals surface area contributed by atoms with Crippen LogP contribution in [0.15, 0.2) is 36.9 Å². The molecule has 0 bridgehead atoms. The smallest absolute Gasteiger partial charge is 0.0802 e. The topological polar surface area (TPSA) is 66.2 Å². The van der Waals surface area contributed by atoms with Crippen molar-refractivity contribution in [1.29, 1.82) is 0 Å². The van der Waals surface area contributed by atoms with Crippen molar-refractivity contribution in [3.05, 3.63) is 48.0 Å². The Bertz CT molecular complexity index is 520. The maximum absolute atomic E-state index is 9.89. The zero-order valence-electron chi connectivity index (χ0n) is 11.8. The third-order valence-electron chi connectivity index (χ3n) is 3.40. The fourth-order valence-electron chi connectivity index (χ4n) is 2.07. The highest BCUT2D eigenvalue weighted by Gasteiger charge is 2.10. The van der Waals surface area contributed by atoms with Crippen molar-refractivity contribution in [3.63, 3.8) is 0 Å². The molecular weight excluding hydrogens is 252 g/mol. The van der Waals surface area contributed by atoms with Gasteiger partial charge in [-0.15, -0.1) is 0 Å². The second-order valence-electron chi connectivity index (χ2n) is 4.86. The van der Waals surface area contributed by atoms with E-state index in [1.807, 2.05) is 26.0 Å². The van der Waals surface area contributed by atoms with Gasteiger partial charge in [0.1, 0.15) is 0 Å². The molecule has 0 saturated carbocycles. The number of aromatic nitrogens is 2. The van der Waals surface area contributed by atoms with Crippen molar-refractivity contribution < 1.29 is 10.2 Å². The summed E-state index contributed by atoms with van der Waals surface area (Å²) in [6, 6.07) is 3.83. The zero-order chi connectivity index (χ0) is 14.5. The van der Waals surface area contributed by atoms with E-state index >= 15 is 0 Å². The molecular formula is C16H20N2O2. The van der Waals surface area contributed by atoms with E-state index in [0.717, 1.165) is 22.3 Å². The second kappa shape index (κ2) is 6.59. The van der Waals surface area contributed by atoms with Crippen LogP contribution in [-0.4, -0.2) is 20.2 Å². The minimum absolute atomic E-state index is 0.500. The van der Waals surface area contributed by atoms with E-state index in [0.29, 0.717) is 12.8 Å². The Balaban J connectivity index is 2.36. The van der Waals surface area contributed by atoms with Crippen LogP contribution in [-0.2, 0) is 0 Å². The highest BCUT2D eigenvalue weighted by atomic mass is 16.3.